The zero-order valence-corrected chi connectivity index (χ0v) is 15.7. The van der Waals surface area contributed by atoms with Gasteiger partial charge in [0.1, 0.15) is 12.0 Å². The van der Waals surface area contributed by atoms with E-state index in [2.05, 4.69) is 10.6 Å². The van der Waals surface area contributed by atoms with Gasteiger partial charge in [0, 0.05) is 13.0 Å². The van der Waals surface area contributed by atoms with Gasteiger partial charge < -0.3 is 30.1 Å². The summed E-state index contributed by atoms with van der Waals surface area (Å²) >= 11 is 0. The number of alkyl halides is 1. The Labute approximate surface area is 167 Å². The van der Waals surface area contributed by atoms with Crippen molar-refractivity contribution >= 4 is 19.1 Å². The quantitative estimate of drug-likeness (QED) is 0.258. The number of ether oxygens (including phenoxy) is 1. The molecule has 0 radical (unpaired) electrons. The number of halogens is 1. The molecule has 0 saturated carbocycles. The van der Waals surface area contributed by atoms with Gasteiger partial charge in [0.2, 0.25) is 0 Å². The molecule has 29 heavy (non-hydrogen) atoms. The number of methoxy groups -OCH3 is 1. The Hall–Kier alpha value is -2.95. The molecule has 1 unspecified atom stereocenters. The van der Waals surface area contributed by atoms with Crippen molar-refractivity contribution < 1.29 is 33.4 Å². The first-order chi connectivity index (χ1) is 13.9. The van der Waals surface area contributed by atoms with Crippen LogP contribution in [0.3, 0.4) is 0 Å². The fourth-order valence-corrected chi connectivity index (χ4v) is 2.52. The van der Waals surface area contributed by atoms with Crippen molar-refractivity contribution in [3.05, 3.63) is 65.7 Å². The normalized spacial score (nSPS) is 12.6. The standard InChI is InChI=1S/C19H22BFN2O6/c1-28-15-9-5-8-14(10-15)12-22-18(24)17(21)19(25)23-16(29-20(26)27)11-13-6-3-2-4-7-13/h2-10,16-17,26-27H,11-12H2,1H3,(H,22,24)(H,23,25)/t16-,17?/m1/s1. The molecule has 154 valence electrons. The van der Waals surface area contributed by atoms with Gasteiger partial charge in [-0.1, -0.05) is 42.5 Å². The van der Waals surface area contributed by atoms with Crippen LogP contribution in [0.15, 0.2) is 54.6 Å². The summed E-state index contributed by atoms with van der Waals surface area (Å²) in [5.41, 5.74) is 1.37. The largest absolute Gasteiger partial charge is 0.635 e. The van der Waals surface area contributed by atoms with Crippen molar-refractivity contribution in [3.63, 3.8) is 0 Å². The average Bonchev–Trinajstić information content (AvgIpc) is 2.71. The van der Waals surface area contributed by atoms with E-state index in [1.165, 1.54) is 7.11 Å². The van der Waals surface area contributed by atoms with Gasteiger partial charge in [-0.15, -0.1) is 0 Å². The van der Waals surface area contributed by atoms with E-state index >= 15 is 0 Å². The number of benzene rings is 2. The number of carbonyl (C=O) groups is 2. The summed E-state index contributed by atoms with van der Waals surface area (Å²) in [5, 5.41) is 22.5. The molecule has 0 saturated heterocycles. The first kappa shape index (κ1) is 22.3. The molecule has 0 aliphatic carbocycles. The second kappa shape index (κ2) is 11.2. The predicted octanol–water partition coefficient (Wildman–Crippen LogP) is 0.321. The Bertz CT molecular complexity index is 808. The highest BCUT2D eigenvalue weighted by molar-refractivity contribution is 6.32. The molecule has 8 nitrogen and oxygen atoms in total. The number of rotatable bonds is 10. The van der Waals surface area contributed by atoms with Crippen molar-refractivity contribution in [2.75, 3.05) is 7.11 Å². The Kier molecular flexibility index (Phi) is 8.59. The SMILES string of the molecule is COc1cccc(CNC(=O)C(F)C(=O)N[C@@H](Cc2ccccc2)OB(O)O)c1. The predicted molar refractivity (Wildman–Crippen MR) is 103 cm³/mol. The number of hydrogen-bond donors (Lipinski definition) is 4. The molecule has 2 amide bonds. The monoisotopic (exact) mass is 404 g/mol. The second-order valence-electron chi connectivity index (χ2n) is 6.08. The first-order valence-electron chi connectivity index (χ1n) is 8.79. The highest BCUT2D eigenvalue weighted by Gasteiger charge is 2.29. The molecule has 0 bridgehead atoms. The van der Waals surface area contributed by atoms with Gasteiger partial charge in [0.05, 0.1) is 7.11 Å². The molecule has 4 N–H and O–H groups in total. The molecule has 2 aromatic rings. The number of amides is 2. The van der Waals surface area contributed by atoms with E-state index < -0.39 is 31.5 Å². The van der Waals surface area contributed by atoms with Crippen molar-refractivity contribution in [1.29, 1.82) is 0 Å². The van der Waals surface area contributed by atoms with E-state index in [0.717, 1.165) is 0 Å². The minimum atomic E-state index is -2.50. The Morgan fingerprint density at radius 2 is 1.76 bits per heavy atom. The van der Waals surface area contributed by atoms with Gasteiger partial charge in [-0.05, 0) is 23.3 Å². The highest BCUT2D eigenvalue weighted by atomic mass is 19.1. The average molecular weight is 404 g/mol. The van der Waals surface area contributed by atoms with Crippen LogP contribution in [-0.2, 0) is 27.2 Å². The van der Waals surface area contributed by atoms with E-state index in [-0.39, 0.29) is 13.0 Å². The maximum absolute atomic E-state index is 14.2. The van der Waals surface area contributed by atoms with Crippen molar-refractivity contribution in [2.45, 2.75) is 25.4 Å². The zero-order chi connectivity index (χ0) is 21.2. The van der Waals surface area contributed by atoms with E-state index in [4.69, 9.17) is 19.4 Å². The molecule has 2 atom stereocenters. The Morgan fingerprint density at radius 3 is 2.41 bits per heavy atom. The Morgan fingerprint density at radius 1 is 1.07 bits per heavy atom. The topological polar surface area (TPSA) is 117 Å². The summed E-state index contributed by atoms with van der Waals surface area (Å²) in [6.45, 7) is 0.00301. The van der Waals surface area contributed by atoms with Crippen molar-refractivity contribution in [2.24, 2.45) is 0 Å². The van der Waals surface area contributed by atoms with Crippen LogP contribution >= 0.6 is 0 Å². The van der Waals surface area contributed by atoms with Gasteiger partial charge >= 0.3 is 7.32 Å². The summed E-state index contributed by atoms with van der Waals surface area (Å²) < 4.78 is 24.1. The summed E-state index contributed by atoms with van der Waals surface area (Å²) in [5.74, 6) is -1.81. The van der Waals surface area contributed by atoms with Gasteiger partial charge in [-0.3, -0.25) is 9.59 Å². The van der Waals surface area contributed by atoms with Gasteiger partial charge in [0.15, 0.2) is 0 Å². The van der Waals surface area contributed by atoms with Crippen LogP contribution in [0.1, 0.15) is 11.1 Å². The highest BCUT2D eigenvalue weighted by Crippen LogP contribution is 2.12. The Balaban J connectivity index is 1.92. The number of nitrogens with one attached hydrogen (secondary N) is 2. The molecular formula is C19H22BFN2O6. The molecular weight excluding hydrogens is 382 g/mol. The van der Waals surface area contributed by atoms with E-state index in [1.807, 2.05) is 0 Å². The summed E-state index contributed by atoms with van der Waals surface area (Å²) in [6, 6.07) is 15.5. The van der Waals surface area contributed by atoms with Crippen molar-refractivity contribution in [3.8, 4) is 5.75 Å². The third-order valence-corrected chi connectivity index (χ3v) is 3.91. The smallest absolute Gasteiger partial charge is 0.497 e. The molecule has 0 fully saturated rings. The molecule has 0 aliphatic heterocycles. The van der Waals surface area contributed by atoms with Crippen LogP contribution in [0, 0.1) is 0 Å². The summed E-state index contributed by atoms with van der Waals surface area (Å²) in [7, 11) is -0.680. The zero-order valence-electron chi connectivity index (χ0n) is 15.7. The van der Waals surface area contributed by atoms with Crippen molar-refractivity contribution in [1.82, 2.24) is 10.6 Å². The second-order valence-corrected chi connectivity index (χ2v) is 6.08. The molecule has 0 aromatic heterocycles. The lowest BCUT2D eigenvalue weighted by Crippen LogP contribution is -2.49. The van der Waals surface area contributed by atoms with Crippen LogP contribution in [-0.4, -0.2) is 48.7 Å². The molecule has 0 heterocycles. The van der Waals surface area contributed by atoms with Crippen LogP contribution in [0.25, 0.3) is 0 Å². The number of carbonyl (C=O) groups excluding carboxylic acids is 2. The van der Waals surface area contributed by atoms with Crippen LogP contribution in [0.2, 0.25) is 0 Å². The van der Waals surface area contributed by atoms with Gasteiger partial charge in [-0.2, -0.15) is 0 Å². The minimum absolute atomic E-state index is 0.00301. The molecule has 2 rings (SSSR count). The van der Waals surface area contributed by atoms with E-state index in [1.54, 1.807) is 54.6 Å². The van der Waals surface area contributed by atoms with E-state index in [9.17, 15) is 14.0 Å². The molecule has 10 heteroatoms. The third-order valence-electron chi connectivity index (χ3n) is 3.91. The lowest BCUT2D eigenvalue weighted by atomic mass is 10.1. The fourth-order valence-electron chi connectivity index (χ4n) is 2.52. The van der Waals surface area contributed by atoms with Crippen LogP contribution in [0.4, 0.5) is 4.39 Å². The van der Waals surface area contributed by atoms with Crippen LogP contribution in [0.5, 0.6) is 5.75 Å². The lowest BCUT2D eigenvalue weighted by molar-refractivity contribution is -0.138. The van der Waals surface area contributed by atoms with E-state index in [0.29, 0.717) is 16.9 Å². The van der Waals surface area contributed by atoms with Gasteiger partial charge in [0.25, 0.3) is 18.0 Å². The summed E-state index contributed by atoms with van der Waals surface area (Å²) in [4.78, 5) is 24.0. The fraction of sp³-hybridized carbons (Fsp3) is 0.263. The third kappa shape index (κ3) is 7.53. The van der Waals surface area contributed by atoms with Gasteiger partial charge in [-0.25, -0.2) is 4.39 Å². The minimum Gasteiger partial charge on any atom is -0.497 e. The first-order valence-corrected chi connectivity index (χ1v) is 8.79. The molecule has 2 aromatic carbocycles. The molecule has 0 spiro atoms. The number of hydrogen-bond acceptors (Lipinski definition) is 6. The lowest BCUT2D eigenvalue weighted by Gasteiger charge is -2.20. The maximum atomic E-state index is 14.2. The summed E-state index contributed by atoms with van der Waals surface area (Å²) in [6.07, 6.45) is -3.70. The molecule has 0 aliphatic rings. The maximum Gasteiger partial charge on any atom is 0.635 e. The van der Waals surface area contributed by atoms with Crippen LogP contribution < -0.4 is 15.4 Å².